The number of pyridine rings is 1. The Morgan fingerprint density at radius 1 is 0.722 bits per heavy atom. The standard InChI is InChI=1S/C46H68N4O3S/c1-3-5-7-9-11-13-15-17-30-50(31-18-16-14-12-10-8-6-4-2)46(51)53-45-27-25-39-24-26-40(38-42(39)47-45)52-36-20-19-29-48-32-34-49(35-33-48)43-22-21-23-44-41(43)28-37-54-44/h21-28,37-38H,3-20,29-36H2,1-2H3. The summed E-state index contributed by atoms with van der Waals surface area (Å²) >= 11 is 1.82. The summed E-state index contributed by atoms with van der Waals surface area (Å²) in [5.74, 6) is 1.16. The Kier molecular flexibility index (Phi) is 18.7. The molecule has 1 aliphatic heterocycles. The number of thiophene rings is 1. The molecule has 7 nitrogen and oxygen atoms in total. The molecule has 1 amide bonds. The van der Waals surface area contributed by atoms with E-state index in [1.54, 1.807) is 0 Å². The molecule has 0 atom stereocenters. The Morgan fingerprint density at radius 3 is 2.06 bits per heavy atom. The van der Waals surface area contributed by atoms with Crippen LogP contribution in [0.15, 0.2) is 60.0 Å². The predicted molar refractivity (Wildman–Crippen MR) is 230 cm³/mol. The fourth-order valence-electron chi connectivity index (χ4n) is 7.64. The molecule has 0 N–H and O–H groups in total. The quantitative estimate of drug-likeness (QED) is 0.0595. The number of fused-ring (bicyclic) bond motifs is 2. The van der Waals surface area contributed by atoms with E-state index in [2.05, 4.69) is 53.3 Å². The van der Waals surface area contributed by atoms with Crippen LogP contribution in [0.1, 0.15) is 129 Å². The van der Waals surface area contributed by atoms with Gasteiger partial charge in [-0.25, -0.2) is 9.78 Å². The van der Waals surface area contributed by atoms with Crippen LogP contribution in [0.3, 0.4) is 0 Å². The van der Waals surface area contributed by atoms with E-state index in [1.807, 2.05) is 46.6 Å². The number of carbonyl (C=O) groups excluding carboxylic acids is 1. The fraction of sp³-hybridized carbons (Fsp3) is 0.609. The summed E-state index contributed by atoms with van der Waals surface area (Å²) in [6, 6.07) is 18.7. The van der Waals surface area contributed by atoms with Crippen LogP contribution in [0.2, 0.25) is 0 Å². The van der Waals surface area contributed by atoms with Crippen LogP contribution in [0.25, 0.3) is 21.0 Å². The number of anilines is 1. The van der Waals surface area contributed by atoms with Crippen molar-refractivity contribution >= 4 is 44.1 Å². The molecular formula is C46H68N4O3S. The number of piperazine rings is 1. The molecular weight excluding hydrogens is 689 g/mol. The first-order valence-corrected chi connectivity index (χ1v) is 22.5. The molecule has 0 bridgehead atoms. The van der Waals surface area contributed by atoms with E-state index in [9.17, 15) is 4.79 Å². The van der Waals surface area contributed by atoms with Gasteiger partial charge in [0, 0.05) is 72.6 Å². The second-order valence-corrected chi connectivity index (χ2v) is 16.3. The van der Waals surface area contributed by atoms with Gasteiger partial charge in [-0.3, -0.25) is 4.90 Å². The van der Waals surface area contributed by atoms with Gasteiger partial charge >= 0.3 is 6.09 Å². The number of carbonyl (C=O) groups is 1. The molecule has 0 unspecified atom stereocenters. The highest BCUT2D eigenvalue weighted by Gasteiger charge is 2.19. The van der Waals surface area contributed by atoms with E-state index in [0.29, 0.717) is 12.5 Å². The fourth-order valence-corrected chi connectivity index (χ4v) is 8.45. The van der Waals surface area contributed by atoms with Gasteiger partial charge in [0.2, 0.25) is 5.88 Å². The van der Waals surface area contributed by atoms with E-state index in [4.69, 9.17) is 14.5 Å². The highest BCUT2D eigenvalue weighted by atomic mass is 32.1. The maximum atomic E-state index is 13.5. The van der Waals surface area contributed by atoms with Gasteiger partial charge in [0.25, 0.3) is 0 Å². The molecule has 0 saturated carbocycles. The van der Waals surface area contributed by atoms with Crippen molar-refractivity contribution < 1.29 is 14.3 Å². The summed E-state index contributed by atoms with van der Waals surface area (Å²) in [4.78, 5) is 25.2. The van der Waals surface area contributed by atoms with Gasteiger partial charge in [-0.15, -0.1) is 11.3 Å². The summed E-state index contributed by atoms with van der Waals surface area (Å²) < 4.78 is 13.5. The van der Waals surface area contributed by atoms with Gasteiger partial charge in [0.1, 0.15) is 5.75 Å². The van der Waals surface area contributed by atoms with Crippen LogP contribution < -0.4 is 14.4 Å². The van der Waals surface area contributed by atoms with Gasteiger partial charge in [-0.1, -0.05) is 110 Å². The minimum absolute atomic E-state index is 0.276. The Hall–Kier alpha value is -3.36. The molecule has 54 heavy (non-hydrogen) atoms. The molecule has 5 rings (SSSR count). The minimum atomic E-state index is -0.276. The lowest BCUT2D eigenvalue weighted by atomic mass is 10.1. The Labute approximate surface area is 330 Å². The zero-order chi connectivity index (χ0) is 37.6. The highest BCUT2D eigenvalue weighted by Crippen LogP contribution is 2.31. The maximum absolute atomic E-state index is 13.5. The lowest BCUT2D eigenvalue weighted by Crippen LogP contribution is -2.46. The lowest BCUT2D eigenvalue weighted by molar-refractivity contribution is 0.148. The van der Waals surface area contributed by atoms with E-state index in [0.717, 1.165) is 101 Å². The molecule has 1 saturated heterocycles. The Bertz CT molecular complexity index is 1610. The summed E-state index contributed by atoms with van der Waals surface area (Å²) in [5.41, 5.74) is 2.16. The van der Waals surface area contributed by atoms with Crippen molar-refractivity contribution in [3.8, 4) is 11.6 Å². The molecule has 3 heterocycles. The highest BCUT2D eigenvalue weighted by molar-refractivity contribution is 7.17. The molecule has 0 radical (unpaired) electrons. The molecule has 0 spiro atoms. The molecule has 2 aromatic carbocycles. The second-order valence-electron chi connectivity index (χ2n) is 15.3. The predicted octanol–water partition coefficient (Wildman–Crippen LogP) is 12.5. The number of hydrogen-bond acceptors (Lipinski definition) is 7. The van der Waals surface area contributed by atoms with E-state index in [-0.39, 0.29) is 6.09 Å². The number of hydrogen-bond donors (Lipinski definition) is 0. The van der Waals surface area contributed by atoms with Crippen LogP contribution in [-0.2, 0) is 0 Å². The monoisotopic (exact) mass is 757 g/mol. The molecule has 4 aromatic rings. The Balaban J connectivity index is 1.03. The van der Waals surface area contributed by atoms with E-state index < -0.39 is 0 Å². The van der Waals surface area contributed by atoms with Crippen LogP contribution >= 0.6 is 11.3 Å². The zero-order valence-electron chi connectivity index (χ0n) is 33.6. The zero-order valence-corrected chi connectivity index (χ0v) is 34.4. The summed E-state index contributed by atoms with van der Waals surface area (Å²) in [6.45, 7) is 12.1. The summed E-state index contributed by atoms with van der Waals surface area (Å²) in [5, 5.41) is 4.59. The average Bonchev–Trinajstić information content (AvgIpc) is 3.69. The third-order valence-electron chi connectivity index (χ3n) is 11.0. The van der Waals surface area contributed by atoms with Crippen LogP contribution in [0, 0.1) is 0 Å². The molecule has 8 heteroatoms. The van der Waals surface area contributed by atoms with Gasteiger partial charge in [-0.2, -0.15) is 0 Å². The number of benzene rings is 2. The number of amides is 1. The van der Waals surface area contributed by atoms with Crippen molar-refractivity contribution in [2.75, 3.05) is 57.3 Å². The largest absolute Gasteiger partial charge is 0.494 e. The van der Waals surface area contributed by atoms with E-state index >= 15 is 0 Å². The first-order chi connectivity index (χ1) is 26.6. The molecule has 296 valence electrons. The van der Waals surface area contributed by atoms with Crippen molar-refractivity contribution in [1.82, 2.24) is 14.8 Å². The van der Waals surface area contributed by atoms with Crippen LogP contribution in [0.5, 0.6) is 11.6 Å². The number of rotatable bonds is 26. The third kappa shape index (κ3) is 14.1. The minimum Gasteiger partial charge on any atom is -0.494 e. The van der Waals surface area contributed by atoms with E-state index in [1.165, 1.54) is 92.8 Å². The summed E-state index contributed by atoms with van der Waals surface area (Å²) in [6.07, 6.45) is 21.9. The molecule has 2 aromatic heterocycles. The first-order valence-electron chi connectivity index (χ1n) is 21.6. The van der Waals surface area contributed by atoms with Crippen molar-refractivity contribution in [3.05, 3.63) is 60.0 Å². The first kappa shape index (κ1) is 41.8. The van der Waals surface area contributed by atoms with Gasteiger partial charge in [0.05, 0.1) is 12.1 Å². The summed E-state index contributed by atoms with van der Waals surface area (Å²) in [7, 11) is 0. The average molecular weight is 757 g/mol. The van der Waals surface area contributed by atoms with Crippen molar-refractivity contribution in [3.63, 3.8) is 0 Å². The molecule has 1 fully saturated rings. The molecule has 0 aliphatic carbocycles. The topological polar surface area (TPSA) is 58.1 Å². The number of aromatic nitrogens is 1. The van der Waals surface area contributed by atoms with Gasteiger partial charge in [0.15, 0.2) is 0 Å². The van der Waals surface area contributed by atoms with Gasteiger partial charge < -0.3 is 19.3 Å². The normalized spacial score (nSPS) is 13.6. The van der Waals surface area contributed by atoms with Crippen molar-refractivity contribution in [1.29, 1.82) is 0 Å². The maximum Gasteiger partial charge on any atom is 0.416 e. The van der Waals surface area contributed by atoms with Crippen molar-refractivity contribution in [2.45, 2.75) is 129 Å². The van der Waals surface area contributed by atoms with Gasteiger partial charge in [-0.05, 0) is 74.0 Å². The Morgan fingerprint density at radius 2 is 1.37 bits per heavy atom. The molecule has 1 aliphatic rings. The third-order valence-corrected chi connectivity index (χ3v) is 11.9. The lowest BCUT2D eigenvalue weighted by Gasteiger charge is -2.36. The number of unbranched alkanes of at least 4 members (excludes halogenated alkanes) is 15. The SMILES string of the molecule is CCCCCCCCCCN(CCCCCCCCCC)C(=O)Oc1ccc2ccc(OCCCCN3CCN(c4cccc5sccc45)CC3)cc2n1. The van der Waals surface area contributed by atoms with Crippen LogP contribution in [0.4, 0.5) is 10.5 Å². The second kappa shape index (κ2) is 24.2. The smallest absolute Gasteiger partial charge is 0.416 e. The van der Waals surface area contributed by atoms with Crippen molar-refractivity contribution in [2.24, 2.45) is 0 Å². The number of nitrogens with zero attached hydrogens (tertiary/aromatic N) is 4. The number of ether oxygens (including phenoxy) is 2. The van der Waals surface area contributed by atoms with Crippen LogP contribution in [-0.4, -0.2) is 73.3 Å².